The highest BCUT2D eigenvalue weighted by molar-refractivity contribution is 6.22. The van der Waals surface area contributed by atoms with Crippen LogP contribution in [0, 0.1) is 20.8 Å². The molecule has 9 rings (SSSR count). The van der Waals surface area contributed by atoms with Gasteiger partial charge in [0.05, 0.1) is 23.6 Å². The van der Waals surface area contributed by atoms with E-state index < -0.39 is 5.97 Å². The number of anilines is 4. The molecule has 0 atom stereocenters. The summed E-state index contributed by atoms with van der Waals surface area (Å²) in [6.07, 6.45) is 4.61. The second kappa shape index (κ2) is 22.3. The number of ether oxygens (including phenoxy) is 2. The fraction of sp³-hybridized carbons (Fsp3) is 0.156. The molecule has 0 aliphatic carbocycles. The van der Waals surface area contributed by atoms with E-state index in [-0.39, 0.29) is 24.9 Å². The molecule has 2 heterocycles. The van der Waals surface area contributed by atoms with Gasteiger partial charge in [-0.2, -0.15) is 0 Å². The van der Waals surface area contributed by atoms with E-state index in [9.17, 15) is 24.0 Å². The fourth-order valence-corrected chi connectivity index (χ4v) is 9.82. The molecule has 0 unspecified atom stereocenters. The average Bonchev–Trinajstić information content (AvgIpc) is 4.01. The maximum Gasteiger partial charge on any atom is 0.340 e. The van der Waals surface area contributed by atoms with Crippen molar-refractivity contribution in [3.05, 3.63) is 225 Å². The number of allylic oxidation sites excluding steroid dienone is 1. The van der Waals surface area contributed by atoms with Crippen LogP contribution in [0.25, 0.3) is 27.5 Å². The number of H-pyrrole nitrogens is 1. The third kappa shape index (κ3) is 10.7. The van der Waals surface area contributed by atoms with E-state index in [1.165, 1.54) is 0 Å². The van der Waals surface area contributed by atoms with Crippen LogP contribution >= 0.6 is 0 Å². The second-order valence-electron chi connectivity index (χ2n) is 18.5. The maximum absolute atomic E-state index is 14.4. The fourth-order valence-electron chi connectivity index (χ4n) is 9.82. The summed E-state index contributed by atoms with van der Waals surface area (Å²) >= 11 is 0. The molecule has 0 bridgehead atoms. The molecule has 1 N–H and O–H groups in total. The van der Waals surface area contributed by atoms with Crippen molar-refractivity contribution < 1.29 is 33.4 Å². The first kappa shape index (κ1) is 50.7. The predicted octanol–water partition coefficient (Wildman–Crippen LogP) is 13.8. The standard InChI is InChI=1S/C64H56N4O7/c1-7-74-64(73)56-37-58(66-43(56)5)62(57-36-47(39-70)42(4)65-57)60-40(2)34-52(35-41(60)3)75-59(71)23-14-16-44-24-29-48(30-25-44)67(6)63(72)55-22-15-21-54-53(33-28-46(38-69)61(54)55)45-26-31-51(32-27-45)68(49-17-10-8-11-18-49)50-19-12-9-13-20-50/h8-13,15,17-22,24-39,65H,7,14,16,23H2,1-6H3/b62-58+. The highest BCUT2D eigenvalue weighted by Crippen LogP contribution is 2.40. The molecule has 0 radical (unpaired) electrons. The average molecular weight is 993 g/mol. The van der Waals surface area contributed by atoms with Crippen molar-refractivity contribution in [1.29, 1.82) is 0 Å². The zero-order valence-corrected chi connectivity index (χ0v) is 42.8. The number of aromatic nitrogens is 1. The number of para-hydroxylation sites is 2. The quantitative estimate of drug-likeness (QED) is 0.0541. The number of hydrogen-bond donors (Lipinski definition) is 1. The lowest BCUT2D eigenvalue weighted by atomic mass is 9.91. The van der Waals surface area contributed by atoms with E-state index in [2.05, 4.69) is 58.4 Å². The van der Waals surface area contributed by atoms with E-state index in [1.54, 1.807) is 62.2 Å². The number of nitrogens with one attached hydrogen (secondary N) is 1. The Morgan fingerprint density at radius 3 is 1.92 bits per heavy atom. The van der Waals surface area contributed by atoms with Crippen molar-refractivity contribution in [1.82, 2.24) is 4.98 Å². The Morgan fingerprint density at radius 2 is 1.31 bits per heavy atom. The molecule has 1 aromatic heterocycles. The van der Waals surface area contributed by atoms with Gasteiger partial charge in [-0.1, -0.05) is 84.9 Å². The van der Waals surface area contributed by atoms with Gasteiger partial charge in [-0.15, -0.1) is 0 Å². The van der Waals surface area contributed by atoms with Gasteiger partial charge in [0.15, 0.2) is 12.6 Å². The predicted molar refractivity (Wildman–Crippen MR) is 298 cm³/mol. The van der Waals surface area contributed by atoms with Crippen molar-refractivity contribution in [2.75, 3.05) is 23.5 Å². The van der Waals surface area contributed by atoms with Crippen LogP contribution in [-0.2, 0) is 20.7 Å². The minimum Gasteiger partial charge on any atom is -0.462 e. The summed E-state index contributed by atoms with van der Waals surface area (Å²) in [4.78, 5) is 76.7. The molecule has 1 aliphatic heterocycles. The van der Waals surface area contributed by atoms with Gasteiger partial charge in [-0.3, -0.25) is 24.2 Å². The van der Waals surface area contributed by atoms with E-state index in [4.69, 9.17) is 14.5 Å². The molecule has 11 nitrogen and oxygen atoms in total. The molecule has 1 aliphatic rings. The number of aromatic amines is 1. The highest BCUT2D eigenvalue weighted by Gasteiger charge is 2.27. The number of hydrogen-bond acceptors (Lipinski definition) is 9. The normalized spacial score (nSPS) is 12.7. The summed E-state index contributed by atoms with van der Waals surface area (Å²) in [6, 6.07) is 51.1. The number of aliphatic imine (C=N–C) groups is 1. The van der Waals surface area contributed by atoms with Gasteiger partial charge in [0, 0.05) is 75.3 Å². The Kier molecular flexibility index (Phi) is 15.1. The molecule has 1 amide bonds. The lowest BCUT2D eigenvalue weighted by molar-refractivity contribution is -0.138. The highest BCUT2D eigenvalue weighted by atomic mass is 16.5. The van der Waals surface area contributed by atoms with Crippen LogP contribution in [0.2, 0.25) is 0 Å². The van der Waals surface area contributed by atoms with Crippen LogP contribution in [0.3, 0.4) is 0 Å². The molecule has 0 fully saturated rings. The van der Waals surface area contributed by atoms with Crippen LogP contribution in [0.1, 0.15) is 91.4 Å². The summed E-state index contributed by atoms with van der Waals surface area (Å²) in [5, 5.41) is 1.38. The van der Waals surface area contributed by atoms with Crippen LogP contribution < -0.4 is 14.5 Å². The van der Waals surface area contributed by atoms with Gasteiger partial charge in [0.2, 0.25) is 0 Å². The van der Waals surface area contributed by atoms with Crippen LogP contribution in [0.5, 0.6) is 5.75 Å². The summed E-state index contributed by atoms with van der Waals surface area (Å²) in [6.45, 7) is 9.39. The first-order valence-electron chi connectivity index (χ1n) is 24.9. The molecule has 7 aromatic carbocycles. The van der Waals surface area contributed by atoms with Gasteiger partial charge in [-0.25, -0.2) is 4.79 Å². The minimum absolute atomic E-state index is 0.174. The first-order chi connectivity index (χ1) is 36.4. The number of aldehydes is 2. The lowest BCUT2D eigenvalue weighted by Crippen LogP contribution is -2.26. The summed E-state index contributed by atoms with van der Waals surface area (Å²) < 4.78 is 11.2. The third-order valence-electron chi connectivity index (χ3n) is 13.5. The van der Waals surface area contributed by atoms with Crippen LogP contribution in [0.15, 0.2) is 180 Å². The van der Waals surface area contributed by atoms with Crippen molar-refractivity contribution >= 4 is 75.2 Å². The number of benzene rings is 7. The summed E-state index contributed by atoms with van der Waals surface area (Å²) in [7, 11) is 1.72. The monoisotopic (exact) mass is 992 g/mol. The topological polar surface area (TPSA) is 138 Å². The van der Waals surface area contributed by atoms with Crippen LogP contribution in [0.4, 0.5) is 22.7 Å². The Labute approximate surface area is 436 Å². The molecule has 11 heteroatoms. The minimum atomic E-state index is -0.464. The second-order valence-corrected chi connectivity index (χ2v) is 18.5. The van der Waals surface area contributed by atoms with E-state index in [0.717, 1.165) is 68.4 Å². The van der Waals surface area contributed by atoms with E-state index in [1.807, 2.05) is 99.6 Å². The van der Waals surface area contributed by atoms with E-state index in [0.29, 0.717) is 80.3 Å². The number of amides is 1. The Morgan fingerprint density at radius 1 is 0.680 bits per heavy atom. The molecular weight excluding hydrogens is 937 g/mol. The molecule has 0 saturated carbocycles. The molecular formula is C64H56N4O7. The lowest BCUT2D eigenvalue weighted by Gasteiger charge is -2.25. The van der Waals surface area contributed by atoms with Crippen molar-refractivity contribution in [3.8, 4) is 16.9 Å². The molecule has 8 aromatic rings. The Balaban J connectivity index is 0.870. The zero-order chi connectivity index (χ0) is 52.8. The molecule has 0 spiro atoms. The van der Waals surface area contributed by atoms with Crippen LogP contribution in [-0.4, -0.2) is 54.8 Å². The number of esters is 2. The molecule has 0 saturated heterocycles. The van der Waals surface area contributed by atoms with Gasteiger partial charge in [0.25, 0.3) is 5.91 Å². The first-order valence-corrected chi connectivity index (χ1v) is 24.9. The number of carbonyl (C=O) groups excluding carboxylic acids is 5. The number of rotatable bonds is 17. The largest absolute Gasteiger partial charge is 0.462 e. The maximum atomic E-state index is 14.4. The molecule has 75 heavy (non-hydrogen) atoms. The third-order valence-corrected chi connectivity index (χ3v) is 13.5. The van der Waals surface area contributed by atoms with E-state index >= 15 is 0 Å². The van der Waals surface area contributed by atoms with Gasteiger partial charge in [-0.05, 0) is 165 Å². The smallest absolute Gasteiger partial charge is 0.340 e. The number of fused-ring (bicyclic) bond motifs is 1. The number of aryl methyl sites for hydroxylation is 4. The Bertz CT molecular complexity index is 3530. The van der Waals surface area contributed by atoms with Crippen molar-refractivity contribution in [3.63, 3.8) is 0 Å². The number of carbonyl (C=O) groups is 5. The summed E-state index contributed by atoms with van der Waals surface area (Å²) in [5.41, 5.74) is 13.8. The van der Waals surface area contributed by atoms with Gasteiger partial charge >= 0.3 is 11.9 Å². The SMILES string of the molecule is CCOC(=O)C1=C/C(=C(/c2cc(C=O)c(C)[nH]2)c2c(C)cc(OC(=O)CCCc3ccc(N(C)C(=O)c4cccc5c(-c6ccc(N(c7ccccc7)c7ccccc7)cc6)ccc(C=O)c45)cc3)cc2C)N=C1C. The number of nitrogens with zero attached hydrogens (tertiary/aromatic N) is 3. The zero-order valence-electron chi connectivity index (χ0n) is 42.8. The van der Waals surface area contributed by atoms with Crippen molar-refractivity contribution in [2.45, 2.75) is 53.9 Å². The summed E-state index contributed by atoms with van der Waals surface area (Å²) in [5.74, 6) is -0.697. The van der Waals surface area contributed by atoms with Gasteiger partial charge < -0.3 is 24.3 Å². The van der Waals surface area contributed by atoms with Gasteiger partial charge in [0.1, 0.15) is 5.75 Å². The van der Waals surface area contributed by atoms with Crippen molar-refractivity contribution in [2.24, 2.45) is 4.99 Å². The molecule has 374 valence electrons. The Hall–Kier alpha value is -9.22.